The van der Waals surface area contributed by atoms with Crippen LogP contribution < -0.4 is 0 Å². The highest BCUT2D eigenvalue weighted by atomic mass is 19.3. The van der Waals surface area contributed by atoms with Crippen LogP contribution in [0, 0.1) is 17.8 Å². The molecule has 2 fully saturated rings. The Morgan fingerprint density at radius 2 is 1.53 bits per heavy atom. The lowest BCUT2D eigenvalue weighted by molar-refractivity contribution is -0.00248. The Labute approximate surface area is 284 Å². The van der Waals surface area contributed by atoms with Crippen molar-refractivity contribution < 1.29 is 27.8 Å². The van der Waals surface area contributed by atoms with Gasteiger partial charge >= 0.3 is 12.2 Å². The third-order valence-electron chi connectivity index (χ3n) is 8.46. The van der Waals surface area contributed by atoms with Crippen LogP contribution in [0.1, 0.15) is 96.2 Å². The third-order valence-corrected chi connectivity index (χ3v) is 8.46. The summed E-state index contributed by atoms with van der Waals surface area (Å²) in [7, 11) is 0. The van der Waals surface area contributed by atoms with Crippen LogP contribution in [0.4, 0.5) is 18.4 Å². The fraction of sp³-hybridized carbons (Fsp3) is 0.459. The second-order valence-electron chi connectivity index (χ2n) is 14.9. The molecule has 258 valence electrons. The van der Waals surface area contributed by atoms with E-state index >= 15 is 0 Å². The van der Waals surface area contributed by atoms with Crippen molar-refractivity contribution in [1.29, 1.82) is 0 Å². The summed E-state index contributed by atoms with van der Waals surface area (Å²) in [6.45, 7) is 12.7. The minimum absolute atomic E-state index is 0.194. The molecule has 0 aliphatic carbocycles. The minimum atomic E-state index is -3.05. The number of amides is 2. The van der Waals surface area contributed by atoms with Gasteiger partial charge in [-0.3, -0.25) is 9.80 Å². The van der Waals surface area contributed by atoms with E-state index in [1.54, 1.807) is 37.9 Å². The van der Waals surface area contributed by atoms with Crippen LogP contribution in [-0.4, -0.2) is 72.1 Å². The number of halogens is 2. The molecule has 49 heavy (non-hydrogen) atoms. The summed E-state index contributed by atoms with van der Waals surface area (Å²) in [6.07, 6.45) is 0.973. The molecule has 0 radical (unpaired) electrons. The van der Waals surface area contributed by atoms with Crippen molar-refractivity contribution in [2.75, 3.05) is 13.1 Å². The van der Waals surface area contributed by atoms with Gasteiger partial charge in [0.15, 0.2) is 0 Å². The van der Waals surface area contributed by atoms with E-state index in [4.69, 9.17) is 9.47 Å². The van der Waals surface area contributed by atoms with Crippen molar-refractivity contribution in [3.8, 4) is 23.1 Å². The molecule has 6 rings (SSSR count). The van der Waals surface area contributed by atoms with Crippen LogP contribution >= 0.6 is 0 Å². The molecule has 4 heterocycles. The number of carbonyl (C=O) groups is 2. The number of nitrogens with one attached hydrogen (secondary N) is 2. The lowest BCUT2D eigenvalue weighted by atomic mass is 10.0. The third kappa shape index (κ3) is 7.71. The van der Waals surface area contributed by atoms with Crippen molar-refractivity contribution in [3.63, 3.8) is 0 Å². The van der Waals surface area contributed by atoms with E-state index in [1.165, 1.54) is 0 Å². The minimum Gasteiger partial charge on any atom is -0.444 e. The molecule has 0 saturated carbocycles. The lowest BCUT2D eigenvalue weighted by Crippen LogP contribution is -2.38. The molecule has 2 aliphatic heterocycles. The van der Waals surface area contributed by atoms with Gasteiger partial charge in [-0.15, -0.1) is 0 Å². The number of rotatable bonds is 3. The van der Waals surface area contributed by atoms with E-state index in [1.807, 2.05) is 57.2 Å². The van der Waals surface area contributed by atoms with Gasteiger partial charge in [-0.1, -0.05) is 30.9 Å². The number of likely N-dealkylation sites (tertiary alicyclic amines) is 2. The number of benzene rings is 2. The Hall–Kier alpha value is -4.92. The number of aromatic nitrogens is 4. The van der Waals surface area contributed by atoms with Gasteiger partial charge < -0.3 is 19.4 Å². The van der Waals surface area contributed by atoms with Gasteiger partial charge in [0.1, 0.15) is 22.9 Å². The van der Waals surface area contributed by atoms with Crippen LogP contribution in [0.25, 0.3) is 22.3 Å². The fourth-order valence-electron chi connectivity index (χ4n) is 6.24. The average molecular weight is 673 g/mol. The molecule has 2 aromatic carbocycles. The smallest absolute Gasteiger partial charge is 0.411 e. The predicted octanol–water partition coefficient (Wildman–Crippen LogP) is 7.99. The maximum absolute atomic E-state index is 14.5. The SMILES string of the molecule is C[C@@H]1CCN(C(=O)OC(C)(C)C)[C@@H]1c1ncc(-c2ccc(C#Cc3ccc4nc([C@@H]5CC(F)(F)CN5C(=O)OC(C)(C)C)[nH]c4c3)cc2)[nH]1. The van der Waals surface area contributed by atoms with E-state index < -0.39 is 42.2 Å². The number of carbonyl (C=O) groups excluding carboxylic acids is 2. The van der Waals surface area contributed by atoms with Crippen LogP contribution in [0.2, 0.25) is 0 Å². The van der Waals surface area contributed by atoms with Gasteiger partial charge in [-0.2, -0.15) is 0 Å². The van der Waals surface area contributed by atoms with Crippen molar-refractivity contribution in [3.05, 3.63) is 71.4 Å². The first-order chi connectivity index (χ1) is 22.9. The quantitative estimate of drug-likeness (QED) is 0.213. The molecule has 10 nitrogen and oxygen atoms in total. The Kier molecular flexibility index (Phi) is 8.67. The molecule has 4 aromatic rings. The zero-order valence-electron chi connectivity index (χ0n) is 28.9. The Balaban J connectivity index is 1.15. The summed E-state index contributed by atoms with van der Waals surface area (Å²) in [5, 5.41) is 0. The molecule has 2 aliphatic rings. The highest BCUT2D eigenvalue weighted by Crippen LogP contribution is 2.41. The summed E-state index contributed by atoms with van der Waals surface area (Å²) < 4.78 is 39.9. The van der Waals surface area contributed by atoms with E-state index in [9.17, 15) is 18.4 Å². The van der Waals surface area contributed by atoms with Gasteiger partial charge in [-0.25, -0.2) is 28.3 Å². The summed E-state index contributed by atoms with van der Waals surface area (Å²) >= 11 is 0. The van der Waals surface area contributed by atoms with E-state index in [-0.39, 0.29) is 23.9 Å². The summed E-state index contributed by atoms with van der Waals surface area (Å²) in [4.78, 5) is 44.1. The van der Waals surface area contributed by atoms with Crippen molar-refractivity contribution in [2.24, 2.45) is 5.92 Å². The second-order valence-corrected chi connectivity index (χ2v) is 14.9. The van der Waals surface area contributed by atoms with Crippen LogP contribution in [0.3, 0.4) is 0 Å². The molecule has 3 atom stereocenters. The molecule has 0 spiro atoms. The number of ether oxygens (including phenoxy) is 2. The largest absolute Gasteiger partial charge is 0.444 e. The van der Waals surface area contributed by atoms with E-state index in [2.05, 4.69) is 38.7 Å². The Morgan fingerprint density at radius 1 is 0.898 bits per heavy atom. The first-order valence-corrected chi connectivity index (χ1v) is 16.5. The topological polar surface area (TPSA) is 116 Å². The number of hydrogen-bond acceptors (Lipinski definition) is 6. The maximum Gasteiger partial charge on any atom is 0.411 e. The highest BCUT2D eigenvalue weighted by molar-refractivity contribution is 5.78. The first kappa shape index (κ1) is 34.0. The van der Waals surface area contributed by atoms with Gasteiger partial charge in [0, 0.05) is 24.1 Å². The van der Waals surface area contributed by atoms with Gasteiger partial charge in [0.2, 0.25) is 0 Å². The molecule has 0 bridgehead atoms. The molecule has 2 N–H and O–H groups in total. The van der Waals surface area contributed by atoms with E-state index in [0.717, 1.165) is 34.0 Å². The van der Waals surface area contributed by atoms with E-state index in [0.29, 0.717) is 23.1 Å². The zero-order valence-corrected chi connectivity index (χ0v) is 28.9. The zero-order chi connectivity index (χ0) is 35.3. The number of alkyl halides is 2. The molecule has 2 amide bonds. The van der Waals surface area contributed by atoms with Crippen molar-refractivity contribution in [1.82, 2.24) is 29.7 Å². The molecule has 2 saturated heterocycles. The standard InChI is InChI=1S/C37H42F2N6O4/c1-22-16-17-44(33(46)48-35(2,3)4)30(22)32-40-20-28(43-32)25-13-10-23(11-14-25)8-9-24-12-15-26-27(18-24)42-31(41-26)29-19-37(38,39)21-45(29)34(47)49-36(5,6)7/h10-15,18,20,22,29-30H,16-17,19,21H2,1-7H3,(H,40,43)(H,41,42)/t22-,29+,30+/m1/s1. The number of fused-ring (bicyclic) bond motifs is 1. The summed E-state index contributed by atoms with van der Waals surface area (Å²) in [5.41, 5.74) is 3.11. The van der Waals surface area contributed by atoms with Gasteiger partial charge in [0.25, 0.3) is 5.92 Å². The predicted molar refractivity (Wildman–Crippen MR) is 181 cm³/mol. The number of aromatic amines is 2. The van der Waals surface area contributed by atoms with Crippen LogP contribution in [0.5, 0.6) is 0 Å². The maximum atomic E-state index is 14.5. The van der Waals surface area contributed by atoms with Gasteiger partial charge in [0.05, 0.1) is 41.6 Å². The number of H-pyrrole nitrogens is 2. The number of hydrogen-bond donors (Lipinski definition) is 2. The fourth-order valence-corrected chi connectivity index (χ4v) is 6.24. The normalized spacial score (nSPS) is 20.7. The molecular formula is C37H42F2N6O4. The van der Waals surface area contributed by atoms with Crippen molar-refractivity contribution in [2.45, 2.75) is 90.5 Å². The number of nitrogens with zero attached hydrogens (tertiary/aromatic N) is 4. The first-order valence-electron chi connectivity index (χ1n) is 16.5. The van der Waals surface area contributed by atoms with Crippen molar-refractivity contribution >= 4 is 23.2 Å². The Bertz CT molecular complexity index is 1930. The second kappa shape index (κ2) is 12.5. The monoisotopic (exact) mass is 672 g/mol. The highest BCUT2D eigenvalue weighted by Gasteiger charge is 2.50. The summed E-state index contributed by atoms with van der Waals surface area (Å²) in [5.74, 6) is 4.53. The molecule has 2 aromatic heterocycles. The van der Waals surface area contributed by atoms with Crippen LogP contribution in [0.15, 0.2) is 48.7 Å². The van der Waals surface area contributed by atoms with Gasteiger partial charge in [-0.05, 0) is 89.8 Å². The Morgan fingerprint density at radius 3 is 2.20 bits per heavy atom. The molecule has 12 heteroatoms. The molecule has 0 unspecified atom stereocenters. The van der Waals surface area contributed by atoms with Crippen LogP contribution in [-0.2, 0) is 9.47 Å². The summed E-state index contributed by atoms with van der Waals surface area (Å²) in [6, 6.07) is 12.0. The number of imidazole rings is 2. The average Bonchev–Trinajstić information content (AvgIpc) is 3.78. The molecular weight excluding hydrogens is 630 g/mol. The lowest BCUT2D eigenvalue weighted by Gasteiger charge is -2.29.